The van der Waals surface area contributed by atoms with Crippen molar-refractivity contribution in [2.75, 3.05) is 23.6 Å². The lowest BCUT2D eigenvalue weighted by atomic mass is 10.3. The lowest BCUT2D eigenvalue weighted by Gasteiger charge is -2.10. The summed E-state index contributed by atoms with van der Waals surface area (Å²) in [5, 5.41) is 3.14. The molecule has 0 aliphatic carbocycles. The van der Waals surface area contributed by atoms with Crippen LogP contribution in [0.15, 0.2) is 29.2 Å². The number of thioether (sulfide) groups is 1. The molecule has 0 aliphatic heterocycles. The molecule has 0 unspecified atom stereocenters. The van der Waals surface area contributed by atoms with Crippen LogP contribution in [0, 0.1) is 0 Å². The highest BCUT2D eigenvalue weighted by Gasteiger charge is 2.08. The zero-order valence-electron chi connectivity index (χ0n) is 11.3. The number of hydrazine groups is 1. The number of nitrogens with one attached hydrogen (secondary N) is 2. The average molecular weight is 292 g/mol. The van der Waals surface area contributed by atoms with Gasteiger partial charge in [0.25, 0.3) is 0 Å². The molecular weight excluding hydrogens is 276 g/mol. The Morgan fingerprint density at radius 2 is 1.95 bits per heavy atom. The van der Waals surface area contributed by atoms with E-state index in [1.807, 2.05) is 37.4 Å². The number of nitrogens with zero attached hydrogens (tertiary/aromatic N) is 3. The highest BCUT2D eigenvalue weighted by molar-refractivity contribution is 7.98. The Labute approximate surface area is 121 Å². The van der Waals surface area contributed by atoms with Gasteiger partial charge in [0.1, 0.15) is 0 Å². The van der Waals surface area contributed by atoms with Gasteiger partial charge < -0.3 is 10.1 Å². The second-order valence-corrected chi connectivity index (χ2v) is 4.52. The zero-order chi connectivity index (χ0) is 14.4. The van der Waals surface area contributed by atoms with Crippen LogP contribution in [0.1, 0.15) is 6.92 Å². The minimum Gasteiger partial charge on any atom is -0.464 e. The number of rotatable bonds is 6. The normalized spacial score (nSPS) is 10.2. The predicted octanol–water partition coefficient (Wildman–Crippen LogP) is 2.02. The zero-order valence-corrected chi connectivity index (χ0v) is 12.1. The first kappa shape index (κ1) is 14.4. The van der Waals surface area contributed by atoms with Crippen LogP contribution in [0.2, 0.25) is 0 Å². The van der Waals surface area contributed by atoms with E-state index in [9.17, 15) is 0 Å². The van der Waals surface area contributed by atoms with Crippen molar-refractivity contribution in [2.45, 2.75) is 11.8 Å². The number of ether oxygens (including phenoxy) is 1. The van der Waals surface area contributed by atoms with E-state index in [1.54, 1.807) is 11.8 Å². The fourth-order valence-corrected chi connectivity index (χ4v) is 2.09. The summed E-state index contributed by atoms with van der Waals surface area (Å²) in [5.41, 5.74) is 3.31. The van der Waals surface area contributed by atoms with Crippen molar-refractivity contribution in [3.8, 4) is 6.01 Å². The van der Waals surface area contributed by atoms with E-state index in [1.165, 1.54) is 0 Å². The molecule has 0 saturated heterocycles. The van der Waals surface area contributed by atoms with E-state index < -0.39 is 0 Å². The van der Waals surface area contributed by atoms with E-state index in [0.29, 0.717) is 12.6 Å². The van der Waals surface area contributed by atoms with Crippen molar-refractivity contribution in [3.05, 3.63) is 24.3 Å². The van der Waals surface area contributed by atoms with Crippen molar-refractivity contribution < 1.29 is 4.74 Å². The molecule has 2 rings (SSSR count). The minimum atomic E-state index is 0.222. The van der Waals surface area contributed by atoms with E-state index in [-0.39, 0.29) is 12.0 Å². The summed E-state index contributed by atoms with van der Waals surface area (Å²) in [5.74, 6) is 5.96. The summed E-state index contributed by atoms with van der Waals surface area (Å²) in [6.45, 7) is 2.32. The molecule has 0 saturated carbocycles. The molecular formula is C12H16N6OS. The van der Waals surface area contributed by atoms with Crippen LogP contribution < -0.4 is 21.3 Å². The van der Waals surface area contributed by atoms with Crippen LogP contribution in [-0.2, 0) is 0 Å². The first-order valence-corrected chi connectivity index (χ1v) is 7.24. The maximum Gasteiger partial charge on any atom is 0.323 e. The smallest absolute Gasteiger partial charge is 0.323 e. The van der Waals surface area contributed by atoms with Gasteiger partial charge in [0, 0.05) is 4.90 Å². The maximum atomic E-state index is 5.34. The van der Waals surface area contributed by atoms with Crippen molar-refractivity contribution in [3.63, 3.8) is 0 Å². The molecule has 0 aliphatic rings. The molecule has 0 fully saturated rings. The van der Waals surface area contributed by atoms with E-state index in [2.05, 4.69) is 25.7 Å². The number of nitrogens with two attached hydrogens (primary N) is 1. The fraction of sp³-hybridized carbons (Fsp3) is 0.250. The number of benzene rings is 1. The quantitative estimate of drug-likeness (QED) is 0.422. The third-order valence-corrected chi connectivity index (χ3v) is 3.17. The van der Waals surface area contributed by atoms with Gasteiger partial charge in [-0.15, -0.1) is 11.8 Å². The molecule has 4 N–H and O–H groups in total. The first-order valence-electron chi connectivity index (χ1n) is 6.02. The molecule has 0 spiro atoms. The van der Waals surface area contributed by atoms with Crippen molar-refractivity contribution in [1.29, 1.82) is 0 Å². The Balaban J connectivity index is 2.30. The second kappa shape index (κ2) is 6.92. The number of hydrogen-bond donors (Lipinski definition) is 3. The Morgan fingerprint density at radius 3 is 2.65 bits per heavy atom. The molecule has 0 radical (unpaired) electrons. The van der Waals surface area contributed by atoms with Gasteiger partial charge in [-0.3, -0.25) is 5.43 Å². The summed E-state index contributed by atoms with van der Waals surface area (Å²) in [6.07, 6.45) is 2.01. The molecule has 0 atom stereocenters. The van der Waals surface area contributed by atoms with Crippen LogP contribution >= 0.6 is 11.8 Å². The molecule has 1 aromatic carbocycles. The third kappa shape index (κ3) is 3.49. The first-order chi connectivity index (χ1) is 9.76. The van der Waals surface area contributed by atoms with Crippen molar-refractivity contribution in [2.24, 2.45) is 5.84 Å². The van der Waals surface area contributed by atoms with Crippen LogP contribution in [0.5, 0.6) is 6.01 Å². The number of aromatic nitrogens is 3. The summed E-state index contributed by atoms with van der Waals surface area (Å²) >= 11 is 1.63. The fourth-order valence-electron chi connectivity index (χ4n) is 1.54. The molecule has 7 nitrogen and oxygen atoms in total. The lowest BCUT2D eigenvalue weighted by Crippen LogP contribution is -2.13. The second-order valence-electron chi connectivity index (χ2n) is 3.67. The molecule has 20 heavy (non-hydrogen) atoms. The Hall–Kier alpha value is -2.06. The number of nitrogen functional groups attached to an aromatic ring is 1. The van der Waals surface area contributed by atoms with Gasteiger partial charge in [-0.05, 0) is 25.3 Å². The molecule has 106 valence electrons. The lowest BCUT2D eigenvalue weighted by molar-refractivity contribution is 0.312. The molecule has 1 aromatic heterocycles. The molecule has 0 amide bonds. The largest absolute Gasteiger partial charge is 0.464 e. The van der Waals surface area contributed by atoms with E-state index in [0.717, 1.165) is 10.6 Å². The van der Waals surface area contributed by atoms with E-state index >= 15 is 0 Å². The number of para-hydroxylation sites is 1. The minimum absolute atomic E-state index is 0.222. The molecule has 1 heterocycles. The van der Waals surface area contributed by atoms with Gasteiger partial charge >= 0.3 is 6.01 Å². The molecule has 2 aromatic rings. The Morgan fingerprint density at radius 1 is 1.20 bits per heavy atom. The SMILES string of the molecule is CCOc1nc(NN)nc(Nc2ccccc2SC)n1. The van der Waals surface area contributed by atoms with Crippen LogP contribution in [-0.4, -0.2) is 27.8 Å². The Bertz CT molecular complexity index is 580. The maximum absolute atomic E-state index is 5.34. The molecule has 8 heteroatoms. The number of hydrogen-bond acceptors (Lipinski definition) is 8. The molecule has 0 bridgehead atoms. The van der Waals surface area contributed by atoms with E-state index in [4.69, 9.17) is 10.6 Å². The summed E-state index contributed by atoms with van der Waals surface area (Å²) in [7, 11) is 0. The highest BCUT2D eigenvalue weighted by atomic mass is 32.2. The monoisotopic (exact) mass is 292 g/mol. The van der Waals surface area contributed by atoms with Gasteiger partial charge in [0.05, 0.1) is 12.3 Å². The Kier molecular flexibility index (Phi) is 4.97. The van der Waals surface area contributed by atoms with Crippen LogP contribution in [0.4, 0.5) is 17.6 Å². The summed E-state index contributed by atoms with van der Waals surface area (Å²) in [4.78, 5) is 13.4. The highest BCUT2D eigenvalue weighted by Crippen LogP contribution is 2.27. The van der Waals surface area contributed by atoms with Crippen molar-refractivity contribution in [1.82, 2.24) is 15.0 Å². The topological polar surface area (TPSA) is 98.0 Å². The predicted molar refractivity (Wildman–Crippen MR) is 80.3 cm³/mol. The summed E-state index contributed by atoms with van der Waals surface area (Å²) in [6, 6.07) is 8.10. The van der Waals surface area contributed by atoms with Gasteiger partial charge in [-0.25, -0.2) is 5.84 Å². The third-order valence-electron chi connectivity index (χ3n) is 2.37. The standard InChI is InChI=1S/C12H16N6OS/c1-3-19-12-16-10(15-11(17-12)18-13)14-8-6-4-5-7-9(8)20-2/h4-7H,3,13H2,1-2H3,(H2,14,15,16,17,18). The van der Waals surface area contributed by atoms with Gasteiger partial charge in [-0.2, -0.15) is 15.0 Å². The van der Waals surface area contributed by atoms with Gasteiger partial charge in [-0.1, -0.05) is 12.1 Å². The van der Waals surface area contributed by atoms with Crippen molar-refractivity contribution >= 4 is 29.3 Å². The average Bonchev–Trinajstić information content (AvgIpc) is 2.48. The van der Waals surface area contributed by atoms with Gasteiger partial charge in [0.2, 0.25) is 11.9 Å². The van der Waals surface area contributed by atoms with Crippen LogP contribution in [0.25, 0.3) is 0 Å². The van der Waals surface area contributed by atoms with Crippen LogP contribution in [0.3, 0.4) is 0 Å². The number of anilines is 3. The van der Waals surface area contributed by atoms with Gasteiger partial charge in [0.15, 0.2) is 0 Å². The summed E-state index contributed by atoms with van der Waals surface area (Å²) < 4.78 is 5.28.